The Kier molecular flexibility index (Phi) is 71.5. The smallest absolute Gasteiger partial charge is 0.462 e. The minimum absolute atomic E-state index is 0.106. The van der Waals surface area contributed by atoms with E-state index in [-0.39, 0.29) is 25.7 Å². The summed E-state index contributed by atoms with van der Waals surface area (Å²) < 4.78 is 68.8. The van der Waals surface area contributed by atoms with Crippen molar-refractivity contribution in [1.29, 1.82) is 0 Å². The average Bonchev–Trinajstić information content (AvgIpc) is 0.906. The van der Waals surface area contributed by atoms with Crippen LogP contribution in [0.25, 0.3) is 0 Å². The number of ether oxygens (including phenoxy) is 4. The van der Waals surface area contributed by atoms with E-state index in [1.54, 1.807) is 0 Å². The van der Waals surface area contributed by atoms with Crippen molar-refractivity contribution in [3.05, 3.63) is 0 Å². The number of unbranched alkanes of at least 4 members (excludes halogenated alkanes) is 46. The Morgan fingerprint density at radius 2 is 0.466 bits per heavy atom. The average molecular weight is 1510 g/mol. The molecule has 0 aliphatic rings. The molecule has 0 aromatic heterocycles. The highest BCUT2D eigenvalue weighted by Crippen LogP contribution is 2.45. The highest BCUT2D eigenvalue weighted by molar-refractivity contribution is 7.47. The monoisotopic (exact) mass is 1510 g/mol. The fourth-order valence-corrected chi connectivity index (χ4v) is 14.5. The lowest BCUT2D eigenvalue weighted by atomic mass is 10.00. The molecule has 0 spiro atoms. The molecule has 0 radical (unpaired) electrons. The van der Waals surface area contributed by atoms with Gasteiger partial charge in [-0.05, 0) is 49.4 Å². The molecule has 0 aromatic carbocycles. The lowest BCUT2D eigenvalue weighted by Gasteiger charge is -2.21. The largest absolute Gasteiger partial charge is 0.472 e. The first kappa shape index (κ1) is 101. The van der Waals surface area contributed by atoms with Crippen molar-refractivity contribution >= 4 is 39.5 Å². The summed E-state index contributed by atoms with van der Waals surface area (Å²) in [5.74, 6) is 1.02. The van der Waals surface area contributed by atoms with Gasteiger partial charge in [0.25, 0.3) is 0 Å². The maximum absolute atomic E-state index is 13.1. The SMILES string of the molecule is CCC(C)CCCCCCCCC(=O)OC[C@H](COP(=O)(O)OC[C@H](O)COP(=O)(O)OC[C@@H](COC(=O)CCCCCCCCCCCCCCCCCC(C)C)OC(=O)CCCCCCCCCCCCCCCCCC(C)C)OC(=O)CCCCCCCCCCCCCCCCC(C)C. The maximum Gasteiger partial charge on any atom is 0.472 e. The molecular formula is C84H164O17P2. The summed E-state index contributed by atoms with van der Waals surface area (Å²) in [7, 11) is -9.93. The second kappa shape index (κ2) is 72.9. The Labute approximate surface area is 632 Å². The number of hydrogen-bond acceptors (Lipinski definition) is 15. The second-order valence-corrected chi connectivity index (χ2v) is 34.8. The van der Waals surface area contributed by atoms with Crippen molar-refractivity contribution in [2.75, 3.05) is 39.6 Å². The van der Waals surface area contributed by atoms with Crippen LogP contribution in [0.2, 0.25) is 0 Å². The molecular weight excluding hydrogens is 1340 g/mol. The van der Waals surface area contributed by atoms with Gasteiger partial charge < -0.3 is 33.8 Å². The summed E-state index contributed by atoms with van der Waals surface area (Å²) in [5.41, 5.74) is 0. The second-order valence-electron chi connectivity index (χ2n) is 31.9. The molecule has 0 amide bonds. The topological polar surface area (TPSA) is 237 Å². The highest BCUT2D eigenvalue weighted by Gasteiger charge is 2.30. The lowest BCUT2D eigenvalue weighted by molar-refractivity contribution is -0.161. The van der Waals surface area contributed by atoms with Crippen LogP contribution in [-0.4, -0.2) is 96.7 Å². The first-order chi connectivity index (χ1) is 49.6. The van der Waals surface area contributed by atoms with Crippen LogP contribution < -0.4 is 0 Å². The van der Waals surface area contributed by atoms with Gasteiger partial charge in [-0.25, -0.2) is 9.13 Å². The minimum Gasteiger partial charge on any atom is -0.462 e. The number of phosphoric acid groups is 2. The molecule has 0 rings (SSSR count). The van der Waals surface area contributed by atoms with Crippen molar-refractivity contribution in [2.24, 2.45) is 23.7 Å². The number of rotatable bonds is 81. The third-order valence-corrected chi connectivity index (χ3v) is 21.8. The Balaban J connectivity index is 5.25. The van der Waals surface area contributed by atoms with E-state index in [4.69, 9.17) is 37.0 Å². The number of carbonyl (C=O) groups is 4. The number of aliphatic hydroxyl groups is 1. The van der Waals surface area contributed by atoms with Gasteiger partial charge in [-0.2, -0.15) is 0 Å². The third kappa shape index (κ3) is 76.6. The Morgan fingerprint density at radius 3 is 0.689 bits per heavy atom. The molecule has 0 saturated heterocycles. The fraction of sp³-hybridized carbons (Fsp3) is 0.952. The summed E-state index contributed by atoms with van der Waals surface area (Å²) in [6, 6.07) is 0. The van der Waals surface area contributed by atoms with Crippen LogP contribution in [0.5, 0.6) is 0 Å². The first-order valence-corrected chi connectivity index (χ1v) is 46.2. The third-order valence-electron chi connectivity index (χ3n) is 19.9. The van der Waals surface area contributed by atoms with Gasteiger partial charge in [0.1, 0.15) is 19.3 Å². The lowest BCUT2D eigenvalue weighted by Crippen LogP contribution is -2.30. The first-order valence-electron chi connectivity index (χ1n) is 43.2. The Hall–Kier alpha value is -1.94. The molecule has 3 unspecified atom stereocenters. The number of aliphatic hydroxyl groups excluding tert-OH is 1. The van der Waals surface area contributed by atoms with E-state index in [0.717, 1.165) is 120 Å². The van der Waals surface area contributed by atoms with E-state index in [1.807, 2.05) is 0 Å². The zero-order valence-corrected chi connectivity index (χ0v) is 69.7. The van der Waals surface area contributed by atoms with Crippen LogP contribution in [0.15, 0.2) is 0 Å². The standard InChI is InChI=1S/C84H164O17P2/c1-9-77(8)63-55-47-42-43-49-57-65-82(87)95-71-80(101-84(89)67-59-51-41-35-29-23-17-16-20-26-32-38-46-54-62-76(6)7)73-99-103(92,93)97-69-78(85)68-96-102(90,91)98-72-79(100-83(88)66-58-50-40-34-28-22-15-11-13-19-25-31-37-45-53-61-75(4)5)70-94-81(86)64-56-48-39-33-27-21-14-10-12-18-24-30-36-44-52-60-74(2)3/h74-80,85H,9-73H2,1-8H3,(H,90,91)(H,92,93)/t77?,78-,79-,80-/m1/s1. The summed E-state index contributed by atoms with van der Waals surface area (Å²) >= 11 is 0. The fourth-order valence-electron chi connectivity index (χ4n) is 12.9. The normalized spacial score (nSPS) is 14.2. The van der Waals surface area contributed by atoms with E-state index in [0.29, 0.717) is 25.7 Å². The summed E-state index contributed by atoms with van der Waals surface area (Å²) in [6.07, 6.45) is 61.1. The van der Waals surface area contributed by atoms with Crippen molar-refractivity contribution < 1.29 is 80.2 Å². The molecule has 0 aromatic rings. The van der Waals surface area contributed by atoms with Gasteiger partial charge in [-0.3, -0.25) is 37.3 Å². The zero-order valence-electron chi connectivity index (χ0n) is 68.0. The number of phosphoric ester groups is 2. The molecule has 19 heteroatoms. The minimum atomic E-state index is -4.97. The van der Waals surface area contributed by atoms with E-state index in [2.05, 4.69) is 55.4 Å². The van der Waals surface area contributed by atoms with E-state index >= 15 is 0 Å². The van der Waals surface area contributed by atoms with Gasteiger partial charge in [-0.1, -0.05) is 383 Å². The molecule has 0 aliphatic heterocycles. The number of hydrogen-bond donors (Lipinski definition) is 3. The van der Waals surface area contributed by atoms with Crippen LogP contribution in [0.4, 0.5) is 0 Å². The van der Waals surface area contributed by atoms with Crippen molar-refractivity contribution in [2.45, 2.75) is 453 Å². The molecule has 17 nitrogen and oxygen atoms in total. The summed E-state index contributed by atoms with van der Waals surface area (Å²) in [4.78, 5) is 73.2. The summed E-state index contributed by atoms with van der Waals surface area (Å²) in [6.45, 7) is 14.3. The number of esters is 4. The van der Waals surface area contributed by atoms with Crippen molar-refractivity contribution in [1.82, 2.24) is 0 Å². The molecule has 612 valence electrons. The van der Waals surface area contributed by atoms with Gasteiger partial charge in [0.2, 0.25) is 0 Å². The molecule has 3 N–H and O–H groups in total. The van der Waals surface area contributed by atoms with Gasteiger partial charge in [-0.15, -0.1) is 0 Å². The maximum atomic E-state index is 13.1. The van der Waals surface area contributed by atoms with Crippen molar-refractivity contribution in [3.8, 4) is 0 Å². The van der Waals surface area contributed by atoms with Crippen LogP contribution in [0, 0.1) is 23.7 Å². The van der Waals surface area contributed by atoms with Gasteiger partial charge in [0, 0.05) is 25.7 Å². The predicted molar refractivity (Wildman–Crippen MR) is 423 cm³/mol. The zero-order chi connectivity index (χ0) is 76.0. The Morgan fingerprint density at radius 1 is 0.272 bits per heavy atom. The predicted octanol–water partition coefficient (Wildman–Crippen LogP) is 25.2. The van der Waals surface area contributed by atoms with Crippen LogP contribution in [-0.2, 0) is 65.4 Å². The van der Waals surface area contributed by atoms with Gasteiger partial charge >= 0.3 is 39.5 Å². The molecule has 6 atom stereocenters. The van der Waals surface area contributed by atoms with Crippen LogP contribution >= 0.6 is 15.6 Å². The van der Waals surface area contributed by atoms with Gasteiger partial charge in [0.15, 0.2) is 12.2 Å². The van der Waals surface area contributed by atoms with Gasteiger partial charge in [0.05, 0.1) is 26.4 Å². The molecule has 0 saturated carbocycles. The van der Waals surface area contributed by atoms with Crippen LogP contribution in [0.3, 0.4) is 0 Å². The molecule has 0 fully saturated rings. The molecule has 103 heavy (non-hydrogen) atoms. The molecule has 0 bridgehead atoms. The van der Waals surface area contributed by atoms with E-state index in [1.165, 1.54) is 231 Å². The highest BCUT2D eigenvalue weighted by atomic mass is 31.2. The van der Waals surface area contributed by atoms with Crippen molar-refractivity contribution in [3.63, 3.8) is 0 Å². The quantitative estimate of drug-likeness (QED) is 0.0222. The molecule has 0 heterocycles. The van der Waals surface area contributed by atoms with E-state index < -0.39 is 97.5 Å². The number of carbonyl (C=O) groups excluding carboxylic acids is 4. The molecule has 0 aliphatic carbocycles. The van der Waals surface area contributed by atoms with Crippen LogP contribution in [0.1, 0.15) is 434 Å². The Bertz CT molecular complexity index is 2010. The summed E-state index contributed by atoms with van der Waals surface area (Å²) in [5, 5.41) is 10.7. The van der Waals surface area contributed by atoms with E-state index in [9.17, 15) is 43.2 Å².